The van der Waals surface area contributed by atoms with Crippen molar-refractivity contribution in [1.29, 1.82) is 0 Å². The van der Waals surface area contributed by atoms with Gasteiger partial charge in [0.2, 0.25) is 5.88 Å². The second-order valence-corrected chi connectivity index (χ2v) is 5.68. The Morgan fingerprint density at radius 3 is 2.72 bits per heavy atom. The van der Waals surface area contributed by atoms with Gasteiger partial charge in [0, 0.05) is 31.4 Å². The maximum absolute atomic E-state index is 5.23. The summed E-state index contributed by atoms with van der Waals surface area (Å²) in [4.78, 5) is 6.40. The summed E-state index contributed by atoms with van der Waals surface area (Å²) in [5, 5.41) is 3.48. The van der Waals surface area contributed by atoms with E-state index in [4.69, 9.17) is 4.74 Å². The molecule has 0 aliphatic rings. The van der Waals surface area contributed by atoms with E-state index in [1.807, 2.05) is 12.1 Å². The van der Waals surface area contributed by atoms with Gasteiger partial charge in [-0.1, -0.05) is 19.9 Å². The molecule has 18 heavy (non-hydrogen) atoms. The number of rotatable bonds is 7. The van der Waals surface area contributed by atoms with Gasteiger partial charge in [0.15, 0.2) is 0 Å². The topological polar surface area (TPSA) is 37.4 Å². The van der Waals surface area contributed by atoms with Gasteiger partial charge < -0.3 is 15.0 Å². The number of nitrogens with zero attached hydrogens (tertiary/aromatic N) is 2. The van der Waals surface area contributed by atoms with E-state index in [1.54, 1.807) is 13.3 Å². The van der Waals surface area contributed by atoms with Crippen LogP contribution in [0.25, 0.3) is 0 Å². The molecule has 0 aromatic carbocycles. The molecule has 1 N–H and O–H groups in total. The van der Waals surface area contributed by atoms with Crippen LogP contribution in [0.2, 0.25) is 0 Å². The summed E-state index contributed by atoms with van der Waals surface area (Å²) >= 11 is 0. The van der Waals surface area contributed by atoms with Crippen LogP contribution < -0.4 is 10.1 Å². The minimum Gasteiger partial charge on any atom is -0.481 e. The first-order valence-corrected chi connectivity index (χ1v) is 6.28. The van der Waals surface area contributed by atoms with E-state index in [0.717, 1.165) is 25.2 Å². The fourth-order valence-corrected chi connectivity index (χ4v) is 2.19. The van der Waals surface area contributed by atoms with E-state index in [9.17, 15) is 0 Å². The van der Waals surface area contributed by atoms with Crippen molar-refractivity contribution in [2.24, 2.45) is 5.41 Å². The van der Waals surface area contributed by atoms with Gasteiger partial charge >= 0.3 is 0 Å². The normalized spacial score (nSPS) is 11.9. The molecule has 4 nitrogen and oxygen atoms in total. The minimum absolute atomic E-state index is 0.249. The van der Waals surface area contributed by atoms with E-state index in [-0.39, 0.29) is 5.41 Å². The van der Waals surface area contributed by atoms with Gasteiger partial charge in [-0.05, 0) is 25.6 Å². The molecule has 0 saturated carbocycles. The smallest absolute Gasteiger partial charge is 0.217 e. The summed E-state index contributed by atoms with van der Waals surface area (Å²) in [6, 6.07) is 3.97. The number of methoxy groups -OCH3 is 1. The molecule has 0 saturated heterocycles. The summed E-state index contributed by atoms with van der Waals surface area (Å²) in [5.41, 5.74) is 1.35. The molecular formula is C14H25N3O. The Hall–Kier alpha value is -1.13. The lowest BCUT2D eigenvalue weighted by atomic mass is 9.93. The Kier molecular flexibility index (Phi) is 5.56. The number of hydrogen-bond donors (Lipinski definition) is 1. The number of ether oxygens (including phenoxy) is 1. The third kappa shape index (κ3) is 5.02. The Balaban J connectivity index is 2.46. The van der Waals surface area contributed by atoms with Gasteiger partial charge in [-0.15, -0.1) is 0 Å². The molecule has 102 valence electrons. The first-order chi connectivity index (χ1) is 8.44. The zero-order valence-corrected chi connectivity index (χ0v) is 12.2. The molecule has 0 spiro atoms. The second-order valence-electron chi connectivity index (χ2n) is 5.68. The summed E-state index contributed by atoms with van der Waals surface area (Å²) in [6.07, 6.45) is 1.75. The van der Waals surface area contributed by atoms with E-state index in [1.165, 1.54) is 0 Å². The standard InChI is InChI=1S/C14H25N3O/c1-14(2,11-17(3)4)10-15-9-12-7-6-8-16-13(12)18-5/h6-8,15H,9-11H2,1-5H3. The average molecular weight is 251 g/mol. The molecule has 0 amide bonds. The lowest BCUT2D eigenvalue weighted by Gasteiger charge is -2.28. The lowest BCUT2D eigenvalue weighted by Crippen LogP contribution is -2.37. The Bertz CT molecular complexity index is 364. The summed E-state index contributed by atoms with van der Waals surface area (Å²) < 4.78 is 5.23. The van der Waals surface area contributed by atoms with Crippen LogP contribution in [0, 0.1) is 5.41 Å². The van der Waals surface area contributed by atoms with E-state index in [0.29, 0.717) is 5.88 Å². The molecule has 0 radical (unpaired) electrons. The van der Waals surface area contributed by atoms with Gasteiger partial charge in [0.25, 0.3) is 0 Å². The zero-order valence-electron chi connectivity index (χ0n) is 12.2. The Labute approximate surface area is 110 Å². The van der Waals surface area contributed by atoms with Crippen LogP contribution in [-0.4, -0.2) is 44.2 Å². The highest BCUT2D eigenvalue weighted by molar-refractivity contribution is 5.24. The molecular weight excluding hydrogens is 226 g/mol. The van der Waals surface area contributed by atoms with Crippen molar-refractivity contribution in [1.82, 2.24) is 15.2 Å². The molecule has 1 aromatic rings. The highest BCUT2D eigenvalue weighted by Gasteiger charge is 2.18. The number of nitrogens with one attached hydrogen (secondary N) is 1. The fourth-order valence-electron chi connectivity index (χ4n) is 2.19. The predicted octanol–water partition coefficient (Wildman–Crippen LogP) is 1.77. The molecule has 0 bridgehead atoms. The van der Waals surface area contributed by atoms with Gasteiger partial charge in [-0.3, -0.25) is 0 Å². The lowest BCUT2D eigenvalue weighted by molar-refractivity contribution is 0.232. The molecule has 4 heteroatoms. The third-order valence-corrected chi connectivity index (χ3v) is 2.71. The van der Waals surface area contributed by atoms with Crippen molar-refractivity contribution < 1.29 is 4.74 Å². The summed E-state index contributed by atoms with van der Waals surface area (Å²) in [5.74, 6) is 0.704. The van der Waals surface area contributed by atoms with Crippen molar-refractivity contribution in [3.63, 3.8) is 0 Å². The molecule has 0 unspecified atom stereocenters. The van der Waals surface area contributed by atoms with Gasteiger partial charge in [0.05, 0.1) is 7.11 Å². The Morgan fingerprint density at radius 1 is 1.39 bits per heavy atom. The average Bonchev–Trinajstić information content (AvgIpc) is 2.27. The van der Waals surface area contributed by atoms with E-state index in [2.05, 4.69) is 43.1 Å². The molecule has 1 heterocycles. The molecule has 0 atom stereocenters. The van der Waals surface area contributed by atoms with Gasteiger partial charge in [0.1, 0.15) is 0 Å². The first kappa shape index (κ1) is 14.9. The van der Waals surface area contributed by atoms with Crippen molar-refractivity contribution >= 4 is 0 Å². The number of aromatic nitrogens is 1. The van der Waals surface area contributed by atoms with Crippen molar-refractivity contribution in [2.45, 2.75) is 20.4 Å². The Morgan fingerprint density at radius 2 is 2.11 bits per heavy atom. The van der Waals surface area contributed by atoms with Crippen molar-refractivity contribution in [3.05, 3.63) is 23.9 Å². The second kappa shape index (κ2) is 6.71. The molecule has 0 aliphatic carbocycles. The molecule has 0 fully saturated rings. The highest BCUT2D eigenvalue weighted by atomic mass is 16.5. The van der Waals surface area contributed by atoms with Crippen LogP contribution in [0.5, 0.6) is 5.88 Å². The largest absolute Gasteiger partial charge is 0.481 e. The number of hydrogen-bond acceptors (Lipinski definition) is 4. The van der Waals surface area contributed by atoms with Crippen molar-refractivity contribution in [2.75, 3.05) is 34.3 Å². The fraction of sp³-hybridized carbons (Fsp3) is 0.643. The zero-order chi connectivity index (χ0) is 13.6. The quantitative estimate of drug-likeness (QED) is 0.801. The van der Waals surface area contributed by atoms with Gasteiger partial charge in [-0.2, -0.15) is 0 Å². The highest BCUT2D eigenvalue weighted by Crippen LogP contribution is 2.16. The summed E-state index contributed by atoms with van der Waals surface area (Å²) in [7, 11) is 5.86. The maximum atomic E-state index is 5.23. The maximum Gasteiger partial charge on any atom is 0.217 e. The molecule has 1 rings (SSSR count). The minimum atomic E-state index is 0.249. The third-order valence-electron chi connectivity index (χ3n) is 2.71. The molecule has 1 aromatic heterocycles. The van der Waals surface area contributed by atoms with Crippen molar-refractivity contribution in [3.8, 4) is 5.88 Å². The monoisotopic (exact) mass is 251 g/mol. The van der Waals surface area contributed by atoms with Crippen LogP contribution in [0.4, 0.5) is 0 Å². The van der Waals surface area contributed by atoms with Crippen LogP contribution in [-0.2, 0) is 6.54 Å². The van der Waals surface area contributed by atoms with Crippen LogP contribution in [0.3, 0.4) is 0 Å². The van der Waals surface area contributed by atoms with Crippen LogP contribution in [0.15, 0.2) is 18.3 Å². The van der Waals surface area contributed by atoms with Gasteiger partial charge in [-0.25, -0.2) is 4.98 Å². The number of pyridine rings is 1. The van der Waals surface area contributed by atoms with E-state index < -0.39 is 0 Å². The van der Waals surface area contributed by atoms with E-state index >= 15 is 0 Å². The van der Waals surface area contributed by atoms with Crippen LogP contribution in [0.1, 0.15) is 19.4 Å². The van der Waals surface area contributed by atoms with Crippen LogP contribution >= 0.6 is 0 Å². The SMILES string of the molecule is COc1ncccc1CNCC(C)(C)CN(C)C. The predicted molar refractivity (Wildman–Crippen MR) is 74.8 cm³/mol. The summed E-state index contributed by atoms with van der Waals surface area (Å²) in [6.45, 7) is 7.34. The molecule has 0 aliphatic heterocycles. The first-order valence-electron chi connectivity index (χ1n) is 6.28.